The van der Waals surface area contributed by atoms with E-state index in [0.29, 0.717) is 11.6 Å². The summed E-state index contributed by atoms with van der Waals surface area (Å²) in [4.78, 5) is 25.9. The van der Waals surface area contributed by atoms with Gasteiger partial charge in [-0.15, -0.1) is 12.4 Å². The summed E-state index contributed by atoms with van der Waals surface area (Å²) in [5, 5.41) is 6.75. The highest BCUT2D eigenvalue weighted by Crippen LogP contribution is 2.21. The van der Waals surface area contributed by atoms with Crippen LogP contribution in [-0.2, 0) is 9.59 Å². The van der Waals surface area contributed by atoms with Crippen molar-refractivity contribution in [2.24, 2.45) is 0 Å². The van der Waals surface area contributed by atoms with Crippen LogP contribution in [0.5, 0.6) is 0 Å². The Morgan fingerprint density at radius 1 is 1.39 bits per heavy atom. The number of rotatable bonds is 4. The van der Waals surface area contributed by atoms with Gasteiger partial charge in [-0.1, -0.05) is 23.7 Å². The fraction of sp³-hybridized carbons (Fsp3) is 0.500. The molecule has 1 aromatic rings. The van der Waals surface area contributed by atoms with Crippen molar-refractivity contribution in [3.63, 3.8) is 0 Å². The summed E-state index contributed by atoms with van der Waals surface area (Å²) < 4.78 is 0. The molecule has 1 saturated heterocycles. The van der Waals surface area contributed by atoms with Crippen molar-refractivity contribution >= 4 is 35.8 Å². The maximum Gasteiger partial charge on any atom is 0.225 e. The second-order valence-corrected chi connectivity index (χ2v) is 6.09. The Bertz CT molecular complexity index is 537. The molecule has 0 saturated carbocycles. The van der Waals surface area contributed by atoms with Crippen molar-refractivity contribution < 1.29 is 9.59 Å². The number of benzene rings is 1. The van der Waals surface area contributed by atoms with E-state index < -0.39 is 0 Å². The molecule has 5 nitrogen and oxygen atoms in total. The topological polar surface area (TPSA) is 61.4 Å². The number of amides is 2. The van der Waals surface area contributed by atoms with Gasteiger partial charge in [-0.3, -0.25) is 9.59 Å². The summed E-state index contributed by atoms with van der Waals surface area (Å²) in [5.74, 6) is -0.0937. The molecule has 2 atom stereocenters. The van der Waals surface area contributed by atoms with E-state index >= 15 is 0 Å². The van der Waals surface area contributed by atoms with Gasteiger partial charge in [0.1, 0.15) is 0 Å². The molecule has 1 unspecified atom stereocenters. The van der Waals surface area contributed by atoms with E-state index in [-0.39, 0.29) is 42.7 Å². The highest BCUT2D eigenvalue weighted by atomic mass is 35.5. The molecule has 23 heavy (non-hydrogen) atoms. The third-order valence-electron chi connectivity index (χ3n) is 3.85. The highest BCUT2D eigenvalue weighted by molar-refractivity contribution is 6.30. The van der Waals surface area contributed by atoms with Crippen LogP contribution in [0.4, 0.5) is 0 Å². The zero-order valence-electron chi connectivity index (χ0n) is 13.3. The number of hydrogen-bond donors (Lipinski definition) is 2. The van der Waals surface area contributed by atoms with Gasteiger partial charge in [0, 0.05) is 37.6 Å². The van der Waals surface area contributed by atoms with Crippen molar-refractivity contribution in [3.8, 4) is 0 Å². The Balaban J connectivity index is 0.00000264. The number of piperazine rings is 1. The first-order valence-electron chi connectivity index (χ1n) is 7.50. The van der Waals surface area contributed by atoms with E-state index in [4.69, 9.17) is 11.6 Å². The third-order valence-corrected chi connectivity index (χ3v) is 4.10. The smallest absolute Gasteiger partial charge is 0.225 e. The fourth-order valence-electron chi connectivity index (χ4n) is 2.70. The minimum Gasteiger partial charge on any atom is -0.349 e. The van der Waals surface area contributed by atoms with Crippen molar-refractivity contribution in [1.29, 1.82) is 0 Å². The first-order chi connectivity index (χ1) is 10.5. The van der Waals surface area contributed by atoms with Crippen LogP contribution in [0.25, 0.3) is 0 Å². The van der Waals surface area contributed by atoms with Gasteiger partial charge in [0.15, 0.2) is 0 Å². The molecule has 7 heteroatoms. The van der Waals surface area contributed by atoms with Crippen LogP contribution in [0.2, 0.25) is 5.02 Å². The predicted molar refractivity (Wildman–Crippen MR) is 93.9 cm³/mol. The van der Waals surface area contributed by atoms with E-state index in [1.54, 1.807) is 12.1 Å². The number of carbonyl (C=O) groups excluding carboxylic acids is 2. The van der Waals surface area contributed by atoms with Crippen LogP contribution in [0.15, 0.2) is 24.3 Å². The SMILES string of the molecule is CC(=O)NC(CC(=O)N1CCNC[C@H]1C)c1ccc(Cl)cc1.Cl. The van der Waals surface area contributed by atoms with E-state index in [1.807, 2.05) is 24.0 Å². The second-order valence-electron chi connectivity index (χ2n) is 5.65. The molecule has 1 aromatic carbocycles. The van der Waals surface area contributed by atoms with Crippen LogP contribution in [0.1, 0.15) is 31.9 Å². The Hall–Kier alpha value is -1.30. The van der Waals surface area contributed by atoms with Crippen molar-refractivity contribution in [2.45, 2.75) is 32.4 Å². The van der Waals surface area contributed by atoms with Crippen molar-refractivity contribution in [2.75, 3.05) is 19.6 Å². The van der Waals surface area contributed by atoms with Crippen LogP contribution >= 0.6 is 24.0 Å². The fourth-order valence-corrected chi connectivity index (χ4v) is 2.82. The number of hydrogen-bond acceptors (Lipinski definition) is 3. The normalized spacial score (nSPS) is 18.7. The molecule has 2 N–H and O–H groups in total. The largest absolute Gasteiger partial charge is 0.349 e. The number of carbonyl (C=O) groups is 2. The zero-order chi connectivity index (χ0) is 16.1. The third kappa shape index (κ3) is 5.68. The van der Waals surface area contributed by atoms with Crippen LogP contribution in [-0.4, -0.2) is 42.4 Å². The summed E-state index contributed by atoms with van der Waals surface area (Å²) in [7, 11) is 0. The van der Waals surface area contributed by atoms with Gasteiger partial charge in [0.25, 0.3) is 0 Å². The molecule has 0 aromatic heterocycles. The van der Waals surface area contributed by atoms with E-state index in [2.05, 4.69) is 10.6 Å². The van der Waals surface area contributed by atoms with Gasteiger partial charge in [-0.25, -0.2) is 0 Å². The first kappa shape index (κ1) is 19.7. The molecule has 0 bridgehead atoms. The molecule has 1 aliphatic heterocycles. The van der Waals surface area contributed by atoms with Crippen molar-refractivity contribution in [3.05, 3.63) is 34.9 Å². The van der Waals surface area contributed by atoms with Crippen LogP contribution in [0, 0.1) is 0 Å². The molecule has 1 heterocycles. The Labute approximate surface area is 148 Å². The number of halogens is 2. The van der Waals surface area contributed by atoms with Gasteiger partial charge < -0.3 is 15.5 Å². The zero-order valence-corrected chi connectivity index (χ0v) is 14.9. The molecular formula is C16H23Cl2N3O2. The average molecular weight is 360 g/mol. The molecule has 1 aliphatic rings. The Morgan fingerprint density at radius 2 is 2.04 bits per heavy atom. The highest BCUT2D eigenvalue weighted by Gasteiger charge is 2.26. The molecule has 2 rings (SSSR count). The lowest BCUT2D eigenvalue weighted by Gasteiger charge is -2.35. The van der Waals surface area contributed by atoms with E-state index in [1.165, 1.54) is 6.92 Å². The lowest BCUT2D eigenvalue weighted by Crippen LogP contribution is -2.52. The lowest BCUT2D eigenvalue weighted by molar-refractivity contribution is -0.134. The molecule has 1 fully saturated rings. The molecule has 0 radical (unpaired) electrons. The molecule has 128 valence electrons. The van der Waals surface area contributed by atoms with Gasteiger partial charge in [0.2, 0.25) is 11.8 Å². The lowest BCUT2D eigenvalue weighted by atomic mass is 10.0. The monoisotopic (exact) mass is 359 g/mol. The minimum atomic E-state index is -0.329. The summed E-state index contributed by atoms with van der Waals surface area (Å²) in [6, 6.07) is 7.07. The van der Waals surface area contributed by atoms with Gasteiger partial charge in [0.05, 0.1) is 12.5 Å². The molecular weight excluding hydrogens is 337 g/mol. The van der Waals surface area contributed by atoms with Gasteiger partial charge >= 0.3 is 0 Å². The van der Waals surface area contributed by atoms with Crippen molar-refractivity contribution in [1.82, 2.24) is 15.5 Å². The average Bonchev–Trinajstić information content (AvgIpc) is 2.47. The molecule has 0 spiro atoms. The van der Waals surface area contributed by atoms with Crippen LogP contribution < -0.4 is 10.6 Å². The maximum atomic E-state index is 12.6. The minimum absolute atomic E-state index is 0. The van der Waals surface area contributed by atoms with Gasteiger partial charge in [-0.2, -0.15) is 0 Å². The molecule has 0 aliphatic carbocycles. The number of nitrogens with zero attached hydrogens (tertiary/aromatic N) is 1. The Kier molecular flexibility index (Phi) is 7.82. The summed E-state index contributed by atoms with van der Waals surface area (Å²) in [6.45, 7) is 5.80. The molecule has 2 amide bonds. The summed E-state index contributed by atoms with van der Waals surface area (Å²) >= 11 is 5.90. The maximum absolute atomic E-state index is 12.6. The quantitative estimate of drug-likeness (QED) is 0.865. The summed E-state index contributed by atoms with van der Waals surface area (Å²) in [6.07, 6.45) is 0.256. The van der Waals surface area contributed by atoms with Gasteiger partial charge in [-0.05, 0) is 24.6 Å². The van der Waals surface area contributed by atoms with E-state index in [9.17, 15) is 9.59 Å². The van der Waals surface area contributed by atoms with E-state index in [0.717, 1.165) is 18.7 Å². The standard InChI is InChI=1S/C16H22ClN3O2.ClH/c1-11-10-18-7-8-20(11)16(22)9-15(19-12(2)21)13-3-5-14(17)6-4-13;/h3-6,11,15,18H,7-10H2,1-2H3,(H,19,21);1H/t11-,15?;/m1./s1. The van der Waals surface area contributed by atoms with Crippen LogP contribution in [0.3, 0.4) is 0 Å². The Morgan fingerprint density at radius 3 is 2.61 bits per heavy atom. The summed E-state index contributed by atoms with van der Waals surface area (Å²) in [5.41, 5.74) is 0.885. The number of nitrogens with one attached hydrogen (secondary N) is 2. The first-order valence-corrected chi connectivity index (χ1v) is 7.88. The predicted octanol–water partition coefficient (Wildman–Crippen LogP) is 2.15. The second kappa shape index (κ2) is 9.11.